The number of rotatable bonds is 6. The molecule has 6 nitrogen and oxygen atoms in total. The van der Waals surface area contributed by atoms with Crippen LogP contribution >= 0.6 is 0 Å². The number of hydrogen-bond acceptors (Lipinski definition) is 4. The zero-order valence-corrected chi connectivity index (χ0v) is 17.1. The number of carbonyl (C=O) groups excluding carboxylic acids is 1. The lowest BCUT2D eigenvalue weighted by atomic mass is 10.0. The number of likely N-dealkylation sites (tertiary alicyclic amines) is 1. The van der Waals surface area contributed by atoms with Crippen molar-refractivity contribution in [3.8, 4) is 0 Å². The van der Waals surface area contributed by atoms with Gasteiger partial charge in [0, 0.05) is 37.7 Å². The van der Waals surface area contributed by atoms with Crippen molar-refractivity contribution in [3.63, 3.8) is 0 Å². The molecule has 1 atom stereocenters. The van der Waals surface area contributed by atoms with Crippen molar-refractivity contribution >= 4 is 17.0 Å². The molecule has 0 radical (unpaired) electrons. The molecule has 0 aliphatic carbocycles. The molecule has 2 aromatic carbocycles. The molecule has 3 aromatic rings. The second-order valence-corrected chi connectivity index (χ2v) is 7.97. The Bertz CT molecular complexity index is 1100. The fourth-order valence-corrected chi connectivity index (χ4v) is 4.08. The molecule has 1 unspecified atom stereocenters. The molecule has 1 aliphatic heterocycles. The normalized spacial score (nSPS) is 17.3. The van der Waals surface area contributed by atoms with Crippen molar-refractivity contribution in [1.82, 2.24) is 14.8 Å². The van der Waals surface area contributed by atoms with E-state index in [1.54, 1.807) is 18.2 Å². The van der Waals surface area contributed by atoms with E-state index in [0.717, 1.165) is 24.9 Å². The molecular formula is C23H26FN3O3. The lowest BCUT2D eigenvalue weighted by Gasteiger charge is -2.33. The number of nitrogens with one attached hydrogen (secondary N) is 1. The van der Waals surface area contributed by atoms with Crippen LogP contribution in [0.25, 0.3) is 11.1 Å². The molecule has 2 heterocycles. The molecule has 4 rings (SSSR count). The Morgan fingerprint density at radius 1 is 1.27 bits per heavy atom. The highest BCUT2D eigenvalue weighted by Gasteiger charge is 2.22. The van der Waals surface area contributed by atoms with Gasteiger partial charge in [0.1, 0.15) is 5.82 Å². The van der Waals surface area contributed by atoms with E-state index >= 15 is 0 Å². The van der Waals surface area contributed by atoms with Gasteiger partial charge in [-0.05, 0) is 50.1 Å². The zero-order valence-electron chi connectivity index (χ0n) is 17.1. The summed E-state index contributed by atoms with van der Waals surface area (Å²) in [4.78, 5) is 26.8. The number of oxazole rings is 1. The van der Waals surface area contributed by atoms with Gasteiger partial charge in [-0.2, -0.15) is 0 Å². The van der Waals surface area contributed by atoms with Gasteiger partial charge >= 0.3 is 5.76 Å². The fourth-order valence-electron chi connectivity index (χ4n) is 4.08. The number of hydrogen-bond donors (Lipinski definition) is 1. The van der Waals surface area contributed by atoms with E-state index in [1.165, 1.54) is 10.6 Å². The van der Waals surface area contributed by atoms with E-state index in [1.807, 2.05) is 25.1 Å². The van der Waals surface area contributed by atoms with Crippen molar-refractivity contribution in [2.24, 2.45) is 0 Å². The standard InChI is InChI=1S/C23H26FN3O3/c1-16-8-9-21-20(13-16)27(23(29)30-21)12-10-22(28)25-18-6-4-11-26(15-18)14-17-5-2-3-7-19(17)24/h2-3,5,7-9,13,18H,4,6,10-12,14-15H2,1H3,(H,25,28). The maximum Gasteiger partial charge on any atom is 0.419 e. The van der Waals surface area contributed by atoms with Gasteiger partial charge in [-0.15, -0.1) is 0 Å². The Labute approximate surface area is 174 Å². The number of piperidine rings is 1. The summed E-state index contributed by atoms with van der Waals surface area (Å²) in [6.45, 7) is 4.33. The molecule has 30 heavy (non-hydrogen) atoms. The third-order valence-corrected chi connectivity index (χ3v) is 5.61. The third-order valence-electron chi connectivity index (χ3n) is 5.61. The maximum absolute atomic E-state index is 13.9. The monoisotopic (exact) mass is 411 g/mol. The highest BCUT2D eigenvalue weighted by molar-refractivity contribution is 5.77. The number of aromatic nitrogens is 1. The molecule has 7 heteroatoms. The van der Waals surface area contributed by atoms with Gasteiger partial charge < -0.3 is 9.73 Å². The van der Waals surface area contributed by atoms with E-state index in [2.05, 4.69) is 10.2 Å². The van der Waals surface area contributed by atoms with E-state index in [0.29, 0.717) is 29.8 Å². The Hall–Kier alpha value is -2.93. The summed E-state index contributed by atoms with van der Waals surface area (Å²) < 4.78 is 20.7. The van der Waals surface area contributed by atoms with Crippen LogP contribution in [0.2, 0.25) is 0 Å². The number of halogens is 1. The van der Waals surface area contributed by atoms with Gasteiger partial charge in [-0.1, -0.05) is 24.3 Å². The number of aryl methyl sites for hydroxylation is 2. The summed E-state index contributed by atoms with van der Waals surface area (Å²) in [5.41, 5.74) is 2.94. The average Bonchev–Trinajstić information content (AvgIpc) is 3.03. The molecular weight excluding hydrogens is 385 g/mol. The number of benzene rings is 2. The van der Waals surface area contributed by atoms with Crippen LogP contribution in [-0.2, 0) is 17.9 Å². The first-order valence-electron chi connectivity index (χ1n) is 10.3. The molecule has 0 spiro atoms. The van der Waals surface area contributed by atoms with Crippen LogP contribution in [0.3, 0.4) is 0 Å². The van der Waals surface area contributed by atoms with Crippen LogP contribution in [0.15, 0.2) is 51.7 Å². The summed E-state index contributed by atoms with van der Waals surface area (Å²) in [6, 6.07) is 12.4. The van der Waals surface area contributed by atoms with Crippen LogP contribution in [0, 0.1) is 12.7 Å². The van der Waals surface area contributed by atoms with Gasteiger partial charge in [-0.25, -0.2) is 9.18 Å². The molecule has 0 bridgehead atoms. The van der Waals surface area contributed by atoms with Crippen molar-refractivity contribution in [1.29, 1.82) is 0 Å². The van der Waals surface area contributed by atoms with E-state index < -0.39 is 5.76 Å². The Morgan fingerprint density at radius 3 is 2.93 bits per heavy atom. The van der Waals surface area contributed by atoms with Crippen molar-refractivity contribution < 1.29 is 13.6 Å². The van der Waals surface area contributed by atoms with Gasteiger partial charge in [0.15, 0.2) is 5.58 Å². The molecule has 1 amide bonds. The first kappa shape index (κ1) is 20.3. The summed E-state index contributed by atoms with van der Waals surface area (Å²) in [5, 5.41) is 3.07. The van der Waals surface area contributed by atoms with Gasteiger partial charge in [0.25, 0.3) is 0 Å². The quantitative estimate of drug-likeness (QED) is 0.676. The Kier molecular flexibility index (Phi) is 5.99. The SMILES string of the molecule is Cc1ccc2oc(=O)n(CCC(=O)NC3CCCN(Cc4ccccc4F)C3)c2c1. The van der Waals surface area contributed by atoms with Crippen molar-refractivity contribution in [3.05, 3.63) is 70.0 Å². The van der Waals surface area contributed by atoms with E-state index in [9.17, 15) is 14.0 Å². The van der Waals surface area contributed by atoms with Crippen LogP contribution in [0.4, 0.5) is 4.39 Å². The minimum atomic E-state index is -0.447. The average molecular weight is 411 g/mol. The van der Waals surface area contributed by atoms with Gasteiger partial charge in [0.2, 0.25) is 5.91 Å². The molecule has 1 saturated heterocycles. The van der Waals surface area contributed by atoms with Crippen LogP contribution in [-0.4, -0.2) is 34.5 Å². The summed E-state index contributed by atoms with van der Waals surface area (Å²) >= 11 is 0. The smallest absolute Gasteiger partial charge is 0.408 e. The molecule has 1 aliphatic rings. The lowest BCUT2D eigenvalue weighted by molar-refractivity contribution is -0.122. The predicted molar refractivity (Wildman–Crippen MR) is 113 cm³/mol. The summed E-state index contributed by atoms with van der Waals surface area (Å²) in [5.74, 6) is -0.740. The molecule has 1 N–H and O–H groups in total. The second-order valence-electron chi connectivity index (χ2n) is 7.97. The molecule has 1 fully saturated rings. The number of nitrogens with zero attached hydrogens (tertiary/aromatic N) is 2. The minimum Gasteiger partial charge on any atom is -0.408 e. The molecule has 0 saturated carbocycles. The fraction of sp³-hybridized carbons (Fsp3) is 0.391. The predicted octanol–water partition coefficient (Wildman–Crippen LogP) is 3.21. The van der Waals surface area contributed by atoms with E-state index in [4.69, 9.17) is 4.42 Å². The van der Waals surface area contributed by atoms with Crippen LogP contribution < -0.4 is 11.1 Å². The van der Waals surface area contributed by atoms with Gasteiger partial charge in [-0.3, -0.25) is 14.3 Å². The Morgan fingerprint density at radius 2 is 2.10 bits per heavy atom. The summed E-state index contributed by atoms with van der Waals surface area (Å²) in [6.07, 6.45) is 2.05. The molecule has 158 valence electrons. The number of fused-ring (bicyclic) bond motifs is 1. The largest absolute Gasteiger partial charge is 0.419 e. The lowest BCUT2D eigenvalue weighted by Crippen LogP contribution is -2.47. The topological polar surface area (TPSA) is 67.5 Å². The van der Waals surface area contributed by atoms with Crippen molar-refractivity contribution in [2.45, 2.75) is 45.3 Å². The first-order chi connectivity index (χ1) is 14.5. The maximum atomic E-state index is 13.9. The highest BCUT2D eigenvalue weighted by atomic mass is 19.1. The van der Waals surface area contributed by atoms with E-state index in [-0.39, 0.29) is 30.7 Å². The molecule has 1 aromatic heterocycles. The first-order valence-corrected chi connectivity index (χ1v) is 10.3. The third kappa shape index (κ3) is 4.62. The summed E-state index contributed by atoms with van der Waals surface area (Å²) in [7, 11) is 0. The van der Waals surface area contributed by atoms with Crippen LogP contribution in [0.1, 0.15) is 30.4 Å². The number of carbonyl (C=O) groups is 1. The number of amides is 1. The minimum absolute atomic E-state index is 0.0260. The van der Waals surface area contributed by atoms with Gasteiger partial charge in [0.05, 0.1) is 5.52 Å². The van der Waals surface area contributed by atoms with Crippen LogP contribution in [0.5, 0.6) is 0 Å². The zero-order chi connectivity index (χ0) is 21.1. The highest BCUT2D eigenvalue weighted by Crippen LogP contribution is 2.17. The second kappa shape index (κ2) is 8.83. The van der Waals surface area contributed by atoms with Crippen molar-refractivity contribution in [2.75, 3.05) is 13.1 Å². The Balaban J connectivity index is 1.33.